The zero-order valence-corrected chi connectivity index (χ0v) is 12.5. The molecule has 1 saturated heterocycles. The van der Waals surface area contributed by atoms with Crippen molar-refractivity contribution in [3.63, 3.8) is 0 Å². The number of carbonyl (C=O) groups is 1. The van der Waals surface area contributed by atoms with Crippen molar-refractivity contribution in [2.45, 2.75) is 12.8 Å². The van der Waals surface area contributed by atoms with Crippen molar-refractivity contribution in [3.8, 4) is 5.75 Å². The van der Waals surface area contributed by atoms with Crippen LogP contribution < -0.4 is 10.1 Å². The second kappa shape index (κ2) is 8.64. The van der Waals surface area contributed by atoms with Gasteiger partial charge < -0.3 is 19.5 Å². The van der Waals surface area contributed by atoms with E-state index in [0.717, 1.165) is 32.7 Å². The summed E-state index contributed by atoms with van der Waals surface area (Å²) in [6.07, 6.45) is 1.89. The Morgan fingerprint density at radius 1 is 1.43 bits per heavy atom. The molecule has 1 amide bonds. The Morgan fingerprint density at radius 3 is 3.05 bits per heavy atom. The van der Waals surface area contributed by atoms with E-state index in [4.69, 9.17) is 14.2 Å². The third-order valence-corrected chi connectivity index (χ3v) is 3.48. The number of hydrogen-bond donors (Lipinski definition) is 1. The van der Waals surface area contributed by atoms with Crippen LogP contribution in [-0.2, 0) is 9.47 Å². The Bertz CT molecular complexity index is 444. The van der Waals surface area contributed by atoms with E-state index in [1.807, 2.05) is 12.1 Å². The molecule has 0 saturated carbocycles. The van der Waals surface area contributed by atoms with Crippen LogP contribution in [0.3, 0.4) is 0 Å². The summed E-state index contributed by atoms with van der Waals surface area (Å²) in [5.41, 5.74) is 0.559. The van der Waals surface area contributed by atoms with Gasteiger partial charge in [0.25, 0.3) is 5.91 Å². The van der Waals surface area contributed by atoms with Gasteiger partial charge in [0.2, 0.25) is 0 Å². The predicted molar refractivity (Wildman–Crippen MR) is 79.7 cm³/mol. The Hall–Kier alpha value is -1.59. The van der Waals surface area contributed by atoms with E-state index >= 15 is 0 Å². The summed E-state index contributed by atoms with van der Waals surface area (Å²) < 4.78 is 16.1. The number of amides is 1. The first-order valence-corrected chi connectivity index (χ1v) is 7.38. The van der Waals surface area contributed by atoms with Crippen LogP contribution in [0.15, 0.2) is 24.3 Å². The minimum atomic E-state index is -0.114. The van der Waals surface area contributed by atoms with Gasteiger partial charge in [-0.25, -0.2) is 0 Å². The first-order chi connectivity index (χ1) is 10.3. The lowest BCUT2D eigenvalue weighted by Gasteiger charge is -2.10. The van der Waals surface area contributed by atoms with Crippen molar-refractivity contribution in [1.82, 2.24) is 5.32 Å². The zero-order valence-electron chi connectivity index (χ0n) is 12.5. The van der Waals surface area contributed by atoms with Gasteiger partial charge in [0, 0.05) is 25.7 Å². The molecule has 1 atom stereocenters. The van der Waals surface area contributed by atoms with E-state index in [-0.39, 0.29) is 5.91 Å². The first kappa shape index (κ1) is 15.8. The van der Waals surface area contributed by atoms with Crippen LogP contribution in [-0.4, -0.2) is 46.0 Å². The molecular formula is C16H23NO4. The maximum atomic E-state index is 12.0. The van der Waals surface area contributed by atoms with Crippen molar-refractivity contribution < 1.29 is 19.0 Å². The Balaban J connectivity index is 1.60. The van der Waals surface area contributed by atoms with Crippen molar-refractivity contribution in [2.75, 3.05) is 40.1 Å². The molecule has 1 N–H and O–H groups in total. The minimum absolute atomic E-state index is 0.114. The van der Waals surface area contributed by atoms with E-state index in [0.29, 0.717) is 30.4 Å². The fourth-order valence-electron chi connectivity index (χ4n) is 2.27. The topological polar surface area (TPSA) is 56.8 Å². The van der Waals surface area contributed by atoms with E-state index in [2.05, 4.69) is 5.32 Å². The van der Waals surface area contributed by atoms with Gasteiger partial charge in [0.1, 0.15) is 5.75 Å². The molecule has 1 aliphatic rings. The maximum absolute atomic E-state index is 12.0. The largest absolute Gasteiger partial charge is 0.496 e. The van der Waals surface area contributed by atoms with Crippen LogP contribution in [0.2, 0.25) is 0 Å². The molecule has 1 unspecified atom stereocenters. The molecule has 1 aromatic rings. The van der Waals surface area contributed by atoms with Gasteiger partial charge in [-0.1, -0.05) is 12.1 Å². The van der Waals surface area contributed by atoms with E-state index < -0.39 is 0 Å². The number of nitrogens with one attached hydrogen (secondary N) is 1. The summed E-state index contributed by atoms with van der Waals surface area (Å²) in [6.45, 7) is 3.66. The number of methoxy groups -OCH3 is 1. The third kappa shape index (κ3) is 5.02. The quantitative estimate of drug-likeness (QED) is 0.743. The number of para-hydroxylation sites is 1. The molecule has 2 rings (SSSR count). The minimum Gasteiger partial charge on any atom is -0.496 e. The van der Waals surface area contributed by atoms with Gasteiger partial charge in [0.05, 0.1) is 25.9 Å². The van der Waals surface area contributed by atoms with Crippen LogP contribution >= 0.6 is 0 Å². The van der Waals surface area contributed by atoms with Crippen LogP contribution in [0, 0.1) is 5.92 Å². The summed E-state index contributed by atoms with van der Waals surface area (Å²) >= 11 is 0. The predicted octanol–water partition coefficient (Wildman–Crippen LogP) is 1.87. The molecule has 0 radical (unpaired) electrons. The molecular weight excluding hydrogens is 270 g/mol. The molecule has 116 valence electrons. The van der Waals surface area contributed by atoms with Crippen molar-refractivity contribution >= 4 is 5.91 Å². The second-order valence-corrected chi connectivity index (χ2v) is 5.11. The van der Waals surface area contributed by atoms with Crippen molar-refractivity contribution in [1.29, 1.82) is 0 Å². The number of ether oxygens (including phenoxy) is 3. The Morgan fingerprint density at radius 2 is 2.29 bits per heavy atom. The Labute approximate surface area is 125 Å². The van der Waals surface area contributed by atoms with Crippen LogP contribution in [0.25, 0.3) is 0 Å². The summed E-state index contributed by atoms with van der Waals surface area (Å²) in [6, 6.07) is 7.20. The molecule has 1 fully saturated rings. The molecule has 1 heterocycles. The van der Waals surface area contributed by atoms with E-state index in [9.17, 15) is 4.79 Å². The van der Waals surface area contributed by atoms with Gasteiger partial charge in [-0.15, -0.1) is 0 Å². The van der Waals surface area contributed by atoms with E-state index in [1.165, 1.54) is 0 Å². The van der Waals surface area contributed by atoms with Crippen LogP contribution in [0.4, 0.5) is 0 Å². The molecule has 5 nitrogen and oxygen atoms in total. The number of rotatable bonds is 8. The number of hydrogen-bond acceptors (Lipinski definition) is 4. The average molecular weight is 293 g/mol. The smallest absolute Gasteiger partial charge is 0.255 e. The molecule has 1 aromatic carbocycles. The van der Waals surface area contributed by atoms with Gasteiger partial charge in [-0.05, 0) is 25.0 Å². The highest BCUT2D eigenvalue weighted by atomic mass is 16.5. The third-order valence-electron chi connectivity index (χ3n) is 3.48. The van der Waals surface area contributed by atoms with Crippen LogP contribution in [0.1, 0.15) is 23.2 Å². The monoisotopic (exact) mass is 293 g/mol. The normalized spacial score (nSPS) is 17.7. The van der Waals surface area contributed by atoms with Gasteiger partial charge in [0.15, 0.2) is 0 Å². The molecule has 0 aromatic heterocycles. The maximum Gasteiger partial charge on any atom is 0.255 e. The highest BCUT2D eigenvalue weighted by Crippen LogP contribution is 2.16. The molecule has 0 aliphatic carbocycles. The summed E-state index contributed by atoms with van der Waals surface area (Å²) in [5.74, 6) is 1.01. The number of benzene rings is 1. The standard InChI is InChI=1S/C16H23NO4/c1-19-15-6-3-2-5-14(15)16(18)17-8-4-9-20-11-13-7-10-21-12-13/h2-3,5-6,13H,4,7-12H2,1H3,(H,17,18). The molecule has 5 heteroatoms. The molecule has 0 spiro atoms. The summed E-state index contributed by atoms with van der Waals surface area (Å²) in [7, 11) is 1.56. The molecule has 1 aliphatic heterocycles. The highest BCUT2D eigenvalue weighted by Gasteiger charge is 2.15. The first-order valence-electron chi connectivity index (χ1n) is 7.38. The van der Waals surface area contributed by atoms with E-state index in [1.54, 1.807) is 19.2 Å². The molecule has 0 bridgehead atoms. The van der Waals surface area contributed by atoms with Gasteiger partial charge in [-0.2, -0.15) is 0 Å². The van der Waals surface area contributed by atoms with Crippen LogP contribution in [0.5, 0.6) is 5.75 Å². The molecule has 21 heavy (non-hydrogen) atoms. The summed E-state index contributed by atoms with van der Waals surface area (Å²) in [4.78, 5) is 12.0. The van der Waals surface area contributed by atoms with Crippen molar-refractivity contribution in [2.24, 2.45) is 5.92 Å². The number of carbonyl (C=O) groups excluding carboxylic acids is 1. The SMILES string of the molecule is COc1ccccc1C(=O)NCCCOCC1CCOC1. The fourth-order valence-corrected chi connectivity index (χ4v) is 2.27. The summed E-state index contributed by atoms with van der Waals surface area (Å²) in [5, 5.41) is 2.88. The zero-order chi connectivity index (χ0) is 14.9. The van der Waals surface area contributed by atoms with Gasteiger partial charge in [-0.3, -0.25) is 4.79 Å². The average Bonchev–Trinajstić information content (AvgIpc) is 3.03. The fraction of sp³-hybridized carbons (Fsp3) is 0.562. The van der Waals surface area contributed by atoms with Gasteiger partial charge >= 0.3 is 0 Å². The second-order valence-electron chi connectivity index (χ2n) is 5.11. The lowest BCUT2D eigenvalue weighted by molar-refractivity contribution is 0.0853. The lowest BCUT2D eigenvalue weighted by Crippen LogP contribution is -2.26. The lowest BCUT2D eigenvalue weighted by atomic mass is 10.1. The van der Waals surface area contributed by atoms with Crippen molar-refractivity contribution in [3.05, 3.63) is 29.8 Å². The highest BCUT2D eigenvalue weighted by molar-refractivity contribution is 5.96. The Kier molecular flexibility index (Phi) is 6.50.